The summed E-state index contributed by atoms with van der Waals surface area (Å²) < 4.78 is 1.97. The lowest BCUT2D eigenvalue weighted by molar-refractivity contribution is -0.116. The fraction of sp³-hybridized carbons (Fsp3) is 0.267. The third kappa shape index (κ3) is 2.51. The molecule has 1 atom stereocenters. The fourth-order valence-electron chi connectivity index (χ4n) is 2.21. The molecule has 0 saturated carbocycles. The highest BCUT2D eigenvalue weighted by atomic mass is 35.5. The van der Waals surface area contributed by atoms with Crippen molar-refractivity contribution in [1.29, 1.82) is 0 Å². The molecule has 0 bridgehead atoms. The number of pyridine rings is 1. The molecule has 1 unspecified atom stereocenters. The minimum absolute atomic E-state index is 0.121. The highest BCUT2D eigenvalue weighted by Crippen LogP contribution is 2.29. The maximum atomic E-state index is 11.5. The van der Waals surface area contributed by atoms with Gasteiger partial charge in [0, 0.05) is 10.4 Å². The van der Waals surface area contributed by atoms with Crippen LogP contribution >= 0.6 is 23.4 Å². The Balaban J connectivity index is 2.26. The number of thioether (sulfide) groups is 1. The summed E-state index contributed by atoms with van der Waals surface area (Å²) in [6.45, 7) is 5.49. The van der Waals surface area contributed by atoms with E-state index in [1.165, 1.54) is 11.8 Å². The van der Waals surface area contributed by atoms with Crippen LogP contribution in [0.3, 0.4) is 0 Å². The number of Topliss-reactive ketones (excluding diaryl/α,β-unsaturated/α-hetero) is 1. The van der Waals surface area contributed by atoms with E-state index in [1.54, 1.807) is 6.92 Å². The summed E-state index contributed by atoms with van der Waals surface area (Å²) in [5, 5.41) is 10.8. The number of ketones is 1. The Morgan fingerprint density at radius 3 is 2.81 bits per heavy atom. The van der Waals surface area contributed by atoms with Crippen LogP contribution < -0.4 is 0 Å². The number of hydrogen-bond acceptors (Lipinski definition) is 4. The van der Waals surface area contributed by atoms with E-state index in [1.807, 2.05) is 42.5 Å². The van der Waals surface area contributed by atoms with Crippen molar-refractivity contribution in [2.45, 2.75) is 31.2 Å². The molecule has 2 aromatic heterocycles. The molecule has 0 saturated heterocycles. The summed E-state index contributed by atoms with van der Waals surface area (Å²) in [7, 11) is 0. The van der Waals surface area contributed by atoms with Gasteiger partial charge in [-0.1, -0.05) is 23.4 Å². The number of aryl methyl sites for hydroxylation is 1. The van der Waals surface area contributed by atoms with E-state index < -0.39 is 0 Å². The molecule has 21 heavy (non-hydrogen) atoms. The first-order valence-corrected chi connectivity index (χ1v) is 7.84. The zero-order valence-corrected chi connectivity index (χ0v) is 13.5. The van der Waals surface area contributed by atoms with Crippen molar-refractivity contribution in [3.05, 3.63) is 34.9 Å². The monoisotopic (exact) mass is 319 g/mol. The maximum absolute atomic E-state index is 11.5. The van der Waals surface area contributed by atoms with E-state index in [-0.39, 0.29) is 11.0 Å². The van der Waals surface area contributed by atoms with Crippen LogP contribution in [0, 0.1) is 6.92 Å². The van der Waals surface area contributed by atoms with Crippen LogP contribution in [0.15, 0.2) is 29.4 Å². The van der Waals surface area contributed by atoms with Gasteiger partial charge in [0.2, 0.25) is 0 Å². The van der Waals surface area contributed by atoms with E-state index in [4.69, 9.17) is 11.6 Å². The minimum atomic E-state index is -0.152. The number of hydrogen-bond donors (Lipinski definition) is 0. The molecule has 0 fully saturated rings. The van der Waals surface area contributed by atoms with Crippen LogP contribution in [0.5, 0.6) is 0 Å². The van der Waals surface area contributed by atoms with Crippen molar-refractivity contribution in [2.75, 3.05) is 0 Å². The molecule has 0 amide bonds. The van der Waals surface area contributed by atoms with Crippen LogP contribution in [0.4, 0.5) is 0 Å². The summed E-state index contributed by atoms with van der Waals surface area (Å²) in [6.07, 6.45) is 0. The van der Waals surface area contributed by atoms with Gasteiger partial charge in [0.15, 0.2) is 10.8 Å². The molecule has 0 radical (unpaired) electrons. The zero-order chi connectivity index (χ0) is 15.1. The van der Waals surface area contributed by atoms with Crippen LogP contribution in [0.1, 0.15) is 19.4 Å². The Morgan fingerprint density at radius 2 is 2.10 bits per heavy atom. The number of halogens is 1. The number of carbonyl (C=O) groups excluding carboxylic acids is 1. The molecule has 3 aromatic rings. The van der Waals surface area contributed by atoms with Gasteiger partial charge < -0.3 is 0 Å². The lowest BCUT2D eigenvalue weighted by Crippen LogP contribution is -2.09. The van der Waals surface area contributed by atoms with Gasteiger partial charge in [-0.15, -0.1) is 10.2 Å². The number of carbonyl (C=O) groups is 1. The Labute approximate surface area is 131 Å². The first-order chi connectivity index (χ1) is 9.97. The second kappa shape index (κ2) is 5.31. The molecule has 4 nitrogen and oxygen atoms in total. The Hall–Kier alpha value is -1.59. The smallest absolute Gasteiger partial charge is 0.196 e. The summed E-state index contributed by atoms with van der Waals surface area (Å²) in [6, 6.07) is 7.73. The van der Waals surface area contributed by atoms with Crippen LogP contribution in [0.25, 0.3) is 16.6 Å². The van der Waals surface area contributed by atoms with Gasteiger partial charge in [-0.05, 0) is 50.6 Å². The average molecular weight is 320 g/mol. The molecule has 0 N–H and O–H groups in total. The largest absolute Gasteiger partial charge is 0.299 e. The number of benzene rings is 1. The zero-order valence-electron chi connectivity index (χ0n) is 11.9. The average Bonchev–Trinajstić information content (AvgIpc) is 2.82. The Bertz CT molecular complexity index is 859. The third-order valence-electron chi connectivity index (χ3n) is 3.48. The van der Waals surface area contributed by atoms with E-state index in [0.717, 1.165) is 27.3 Å². The number of rotatable bonds is 3. The topological polar surface area (TPSA) is 47.3 Å². The number of nitrogens with zero attached hydrogens (tertiary/aromatic N) is 3. The Morgan fingerprint density at radius 1 is 1.33 bits per heavy atom. The maximum Gasteiger partial charge on any atom is 0.196 e. The van der Waals surface area contributed by atoms with Crippen LogP contribution in [0.2, 0.25) is 5.02 Å². The van der Waals surface area contributed by atoms with Gasteiger partial charge in [0.1, 0.15) is 5.78 Å². The summed E-state index contributed by atoms with van der Waals surface area (Å²) in [5.41, 5.74) is 2.88. The highest BCUT2D eigenvalue weighted by Gasteiger charge is 2.16. The summed E-state index contributed by atoms with van der Waals surface area (Å²) in [4.78, 5) is 11.5. The van der Waals surface area contributed by atoms with Crippen LogP contribution in [-0.2, 0) is 4.79 Å². The predicted octanol–water partition coefficient (Wildman–Crippen LogP) is 3.91. The molecule has 108 valence electrons. The van der Waals surface area contributed by atoms with E-state index in [9.17, 15) is 4.79 Å². The van der Waals surface area contributed by atoms with E-state index in [2.05, 4.69) is 10.2 Å². The van der Waals surface area contributed by atoms with Crippen molar-refractivity contribution < 1.29 is 4.79 Å². The first kappa shape index (κ1) is 14.4. The minimum Gasteiger partial charge on any atom is -0.299 e. The van der Waals surface area contributed by atoms with Crippen molar-refractivity contribution in [3.8, 4) is 0 Å². The van der Waals surface area contributed by atoms with Gasteiger partial charge in [-0.25, -0.2) is 0 Å². The van der Waals surface area contributed by atoms with Crippen LogP contribution in [-0.4, -0.2) is 25.6 Å². The van der Waals surface area contributed by atoms with Crippen molar-refractivity contribution in [1.82, 2.24) is 14.6 Å². The second-order valence-electron chi connectivity index (χ2n) is 5.04. The lowest BCUT2D eigenvalue weighted by atomic mass is 10.1. The lowest BCUT2D eigenvalue weighted by Gasteiger charge is -2.09. The standard InChI is InChI=1S/C15H14ClN3OS/c1-8-6-14-17-18-15(21-10(3)9(2)20)19(14)13-5-4-11(16)7-12(8)13/h4-7,10H,1-3H3. The molecule has 1 aromatic carbocycles. The van der Waals surface area contributed by atoms with E-state index in [0.29, 0.717) is 5.02 Å². The molecule has 0 aliphatic rings. The van der Waals surface area contributed by atoms with Gasteiger partial charge in [-0.2, -0.15) is 0 Å². The molecular formula is C15H14ClN3OS. The van der Waals surface area contributed by atoms with Crippen molar-refractivity contribution in [3.63, 3.8) is 0 Å². The molecule has 0 aliphatic heterocycles. The molecule has 0 aliphatic carbocycles. The number of fused-ring (bicyclic) bond motifs is 3. The van der Waals surface area contributed by atoms with Gasteiger partial charge >= 0.3 is 0 Å². The Kier molecular flexibility index (Phi) is 3.63. The molecule has 3 rings (SSSR count). The van der Waals surface area contributed by atoms with Crippen molar-refractivity contribution in [2.24, 2.45) is 0 Å². The van der Waals surface area contributed by atoms with Crippen molar-refractivity contribution >= 4 is 45.7 Å². The molecular weight excluding hydrogens is 306 g/mol. The van der Waals surface area contributed by atoms with Gasteiger partial charge in [0.05, 0.1) is 10.8 Å². The second-order valence-corrected chi connectivity index (χ2v) is 6.78. The SMILES string of the molecule is CC(=O)C(C)Sc1nnc2cc(C)c3cc(Cl)ccc3n12. The summed E-state index contributed by atoms with van der Waals surface area (Å²) in [5.74, 6) is 0.121. The van der Waals surface area contributed by atoms with Gasteiger partial charge in [0.25, 0.3) is 0 Å². The summed E-state index contributed by atoms with van der Waals surface area (Å²) >= 11 is 7.51. The first-order valence-electron chi connectivity index (χ1n) is 6.58. The molecule has 6 heteroatoms. The van der Waals surface area contributed by atoms with E-state index >= 15 is 0 Å². The quantitative estimate of drug-likeness (QED) is 0.687. The van der Waals surface area contributed by atoms with Gasteiger partial charge in [-0.3, -0.25) is 9.20 Å². The predicted molar refractivity (Wildman–Crippen MR) is 86.2 cm³/mol. The molecule has 0 spiro atoms. The highest BCUT2D eigenvalue weighted by molar-refractivity contribution is 8.00. The normalized spacial score (nSPS) is 13.0. The molecule has 2 heterocycles. The fourth-order valence-corrected chi connectivity index (χ4v) is 3.25. The third-order valence-corrected chi connectivity index (χ3v) is 4.88. The number of aromatic nitrogens is 3.